The predicted molar refractivity (Wildman–Crippen MR) is 69.5 cm³/mol. The molecule has 0 aliphatic heterocycles. The van der Waals surface area contributed by atoms with Gasteiger partial charge in [-0.05, 0) is 24.3 Å². The highest BCUT2D eigenvalue weighted by Crippen LogP contribution is 2.22. The Balaban J connectivity index is 2.55. The number of nitrogens with zero attached hydrogens (tertiary/aromatic N) is 2. The molecule has 0 amide bonds. The molecule has 6 nitrogen and oxygen atoms in total. The van der Waals surface area contributed by atoms with Crippen LogP contribution in [0.5, 0.6) is 0 Å². The first-order chi connectivity index (χ1) is 9.03. The number of para-hydroxylation sites is 1. The third kappa shape index (κ3) is 2.55. The Morgan fingerprint density at radius 3 is 1.84 bits per heavy atom. The van der Waals surface area contributed by atoms with Gasteiger partial charge in [-0.25, -0.2) is 10.1 Å². The van der Waals surface area contributed by atoms with Crippen LogP contribution in [0.15, 0.2) is 65.6 Å². The molecule has 2 aromatic carbocycles. The van der Waals surface area contributed by atoms with Crippen molar-refractivity contribution in [1.82, 2.24) is 0 Å². The van der Waals surface area contributed by atoms with Gasteiger partial charge in [0.1, 0.15) is 5.69 Å². The Morgan fingerprint density at radius 2 is 1.37 bits per heavy atom. The molecule has 0 fully saturated rings. The molecule has 0 bridgehead atoms. The van der Waals surface area contributed by atoms with Gasteiger partial charge in [-0.15, -0.1) is 0 Å². The Labute approximate surface area is 110 Å². The van der Waals surface area contributed by atoms with E-state index in [1.165, 1.54) is 48.5 Å². The van der Waals surface area contributed by atoms with Crippen LogP contribution in [-0.4, -0.2) is 13.5 Å². The van der Waals surface area contributed by atoms with Crippen LogP contribution in [0.3, 0.4) is 0 Å². The van der Waals surface area contributed by atoms with E-state index in [-0.39, 0.29) is 15.0 Å². The molecule has 0 aliphatic rings. The molecule has 0 radical (unpaired) electrons. The van der Waals surface area contributed by atoms with Crippen molar-refractivity contribution in [3.05, 3.63) is 70.8 Å². The van der Waals surface area contributed by atoms with Crippen LogP contribution in [0.2, 0.25) is 0 Å². The smallest absolute Gasteiger partial charge is 0.233 e. The zero-order valence-corrected chi connectivity index (χ0v) is 10.5. The molecule has 98 valence electrons. The van der Waals surface area contributed by atoms with E-state index < -0.39 is 15.1 Å². The average molecular weight is 278 g/mol. The number of hydrogen-bond acceptors (Lipinski definition) is 4. The monoisotopic (exact) mass is 278 g/mol. The lowest BCUT2D eigenvalue weighted by atomic mass is 10.3. The fourth-order valence-corrected chi connectivity index (χ4v) is 2.84. The van der Waals surface area contributed by atoms with Gasteiger partial charge in [-0.3, -0.25) is 0 Å². The highest BCUT2D eigenvalue weighted by molar-refractivity contribution is 7.92. The van der Waals surface area contributed by atoms with E-state index >= 15 is 0 Å². The van der Waals surface area contributed by atoms with E-state index in [9.17, 15) is 18.5 Å². The second kappa shape index (κ2) is 5.07. The van der Waals surface area contributed by atoms with Gasteiger partial charge in [0, 0.05) is 4.41 Å². The average Bonchev–Trinajstić information content (AvgIpc) is 2.40. The summed E-state index contributed by atoms with van der Waals surface area (Å²) in [5, 5.41) is 10.1. The van der Waals surface area contributed by atoms with Gasteiger partial charge in [-0.2, -0.15) is 8.42 Å². The van der Waals surface area contributed by atoms with Crippen LogP contribution < -0.4 is 4.41 Å². The summed E-state index contributed by atoms with van der Waals surface area (Å²) >= 11 is 0. The fraction of sp³-hybridized carbons (Fsp3) is 0. The van der Waals surface area contributed by atoms with E-state index in [4.69, 9.17) is 0 Å². The number of rotatable bonds is 4. The molecule has 0 aromatic heterocycles. The minimum atomic E-state index is -4.22. The third-order valence-electron chi connectivity index (χ3n) is 2.39. The Hall–Kier alpha value is -2.41. The number of anilines is 1. The molecular formula is C12H10N2O4S. The lowest BCUT2D eigenvalue weighted by Gasteiger charge is -2.13. The normalized spacial score (nSPS) is 10.9. The van der Waals surface area contributed by atoms with Gasteiger partial charge in [-0.1, -0.05) is 36.4 Å². The van der Waals surface area contributed by atoms with Gasteiger partial charge in [0.2, 0.25) is 0 Å². The quantitative estimate of drug-likeness (QED) is 0.633. The standard InChI is InChI=1S/C12H10N2O4S/c15-14(16)13(11-7-3-1-4-8-11)19(17,18)12-9-5-2-6-10-12/h1-10H. The summed E-state index contributed by atoms with van der Waals surface area (Å²) < 4.78 is 24.7. The number of nitro groups is 1. The third-order valence-corrected chi connectivity index (χ3v) is 4.06. The Kier molecular flexibility index (Phi) is 3.48. The molecule has 0 N–H and O–H groups in total. The summed E-state index contributed by atoms with van der Waals surface area (Å²) in [4.78, 5) is 10.9. The molecule has 0 heterocycles. The fourth-order valence-electron chi connectivity index (χ4n) is 1.57. The molecule has 2 rings (SSSR count). The zero-order valence-electron chi connectivity index (χ0n) is 9.71. The first-order valence-electron chi connectivity index (χ1n) is 5.33. The Bertz CT molecular complexity index is 671. The summed E-state index contributed by atoms with van der Waals surface area (Å²) in [6.07, 6.45) is 0. The molecule has 0 spiro atoms. The van der Waals surface area contributed by atoms with E-state index in [1.54, 1.807) is 12.1 Å². The van der Waals surface area contributed by atoms with Crippen molar-refractivity contribution >= 4 is 15.7 Å². The number of benzene rings is 2. The van der Waals surface area contributed by atoms with E-state index in [0.717, 1.165) is 0 Å². The highest BCUT2D eigenvalue weighted by Gasteiger charge is 2.34. The summed E-state index contributed by atoms with van der Waals surface area (Å²) in [6, 6.07) is 14.7. The maximum absolute atomic E-state index is 12.3. The predicted octanol–water partition coefficient (Wildman–Crippen LogP) is 2.07. The molecule has 0 aliphatic carbocycles. The van der Waals surface area contributed by atoms with Gasteiger partial charge in [0.25, 0.3) is 0 Å². The van der Waals surface area contributed by atoms with Crippen LogP contribution >= 0.6 is 0 Å². The van der Waals surface area contributed by atoms with Gasteiger partial charge >= 0.3 is 10.0 Å². The SMILES string of the molecule is O=[N+]([O-])N(c1ccccc1)S(=O)(=O)c1ccccc1. The van der Waals surface area contributed by atoms with Crippen LogP contribution in [0.4, 0.5) is 5.69 Å². The van der Waals surface area contributed by atoms with E-state index in [0.29, 0.717) is 0 Å². The lowest BCUT2D eigenvalue weighted by Crippen LogP contribution is -2.36. The van der Waals surface area contributed by atoms with Crippen LogP contribution in [-0.2, 0) is 10.0 Å². The van der Waals surface area contributed by atoms with Crippen molar-refractivity contribution in [3.8, 4) is 0 Å². The van der Waals surface area contributed by atoms with Gasteiger partial charge < -0.3 is 0 Å². The zero-order chi connectivity index (χ0) is 13.9. The van der Waals surface area contributed by atoms with E-state index in [2.05, 4.69) is 0 Å². The van der Waals surface area contributed by atoms with Crippen molar-refractivity contribution in [2.75, 3.05) is 4.41 Å². The summed E-state index contributed by atoms with van der Waals surface area (Å²) in [5.41, 5.74) is -0.0173. The topological polar surface area (TPSA) is 80.5 Å². The van der Waals surface area contributed by atoms with Crippen molar-refractivity contribution in [1.29, 1.82) is 0 Å². The molecule has 19 heavy (non-hydrogen) atoms. The number of hydrazine groups is 1. The minimum absolute atomic E-state index is 0.0173. The maximum atomic E-state index is 12.3. The summed E-state index contributed by atoms with van der Waals surface area (Å²) in [7, 11) is -4.22. The largest absolute Gasteiger partial charge is 0.318 e. The summed E-state index contributed by atoms with van der Waals surface area (Å²) in [5.74, 6) is 0. The van der Waals surface area contributed by atoms with Crippen LogP contribution in [0.25, 0.3) is 0 Å². The second-order valence-electron chi connectivity index (χ2n) is 3.63. The first-order valence-corrected chi connectivity index (χ1v) is 6.77. The van der Waals surface area contributed by atoms with Crippen LogP contribution in [0.1, 0.15) is 0 Å². The number of sulfonamides is 1. The van der Waals surface area contributed by atoms with Crippen molar-refractivity contribution in [2.45, 2.75) is 4.90 Å². The molecule has 0 atom stereocenters. The maximum Gasteiger partial charge on any atom is 0.318 e. The van der Waals surface area contributed by atoms with E-state index in [1.807, 2.05) is 0 Å². The molecule has 0 saturated carbocycles. The van der Waals surface area contributed by atoms with Crippen molar-refractivity contribution < 1.29 is 13.5 Å². The highest BCUT2D eigenvalue weighted by atomic mass is 32.2. The van der Waals surface area contributed by atoms with Crippen LogP contribution in [0, 0.1) is 10.1 Å². The molecule has 0 saturated heterocycles. The van der Waals surface area contributed by atoms with Crippen molar-refractivity contribution in [3.63, 3.8) is 0 Å². The molecule has 7 heteroatoms. The second-order valence-corrected chi connectivity index (χ2v) is 5.40. The number of hydrogen-bond donors (Lipinski definition) is 0. The summed E-state index contributed by atoms with van der Waals surface area (Å²) in [6.45, 7) is 0. The molecule has 0 unspecified atom stereocenters. The molecular weight excluding hydrogens is 268 g/mol. The minimum Gasteiger partial charge on any atom is -0.233 e. The van der Waals surface area contributed by atoms with Gasteiger partial charge in [0.05, 0.1) is 4.90 Å². The van der Waals surface area contributed by atoms with Gasteiger partial charge in [0.15, 0.2) is 5.03 Å². The first kappa shape index (κ1) is 13.0. The molecule has 2 aromatic rings. The van der Waals surface area contributed by atoms with Crippen molar-refractivity contribution in [2.24, 2.45) is 0 Å². The lowest BCUT2D eigenvalue weighted by molar-refractivity contribution is -0.474. The Morgan fingerprint density at radius 1 is 0.895 bits per heavy atom.